The molecular formula is C29H35N7O. The first-order chi connectivity index (χ1) is 18.2. The van der Waals surface area contributed by atoms with Crippen molar-refractivity contribution in [2.24, 2.45) is 0 Å². The second-order valence-electron chi connectivity index (χ2n) is 10.6. The minimum atomic E-state index is 0.114. The Morgan fingerprint density at radius 1 is 1.08 bits per heavy atom. The highest BCUT2D eigenvalue weighted by molar-refractivity contribution is 5.89. The molecule has 8 nitrogen and oxygen atoms in total. The molecule has 0 spiro atoms. The van der Waals surface area contributed by atoms with Crippen LogP contribution in [-0.4, -0.2) is 71.8 Å². The van der Waals surface area contributed by atoms with Gasteiger partial charge >= 0.3 is 6.01 Å². The van der Waals surface area contributed by atoms with Crippen molar-refractivity contribution >= 4 is 16.9 Å². The van der Waals surface area contributed by atoms with Crippen molar-refractivity contribution < 1.29 is 4.74 Å². The zero-order valence-corrected chi connectivity index (χ0v) is 21.6. The van der Waals surface area contributed by atoms with Gasteiger partial charge in [0.15, 0.2) is 5.65 Å². The average molecular weight is 498 g/mol. The van der Waals surface area contributed by atoms with Crippen LogP contribution >= 0.6 is 0 Å². The van der Waals surface area contributed by atoms with E-state index in [1.807, 2.05) is 0 Å². The summed E-state index contributed by atoms with van der Waals surface area (Å²) in [5.41, 5.74) is 5.71. The number of benzene rings is 1. The molecule has 4 heterocycles. The average Bonchev–Trinajstić information content (AvgIpc) is 3.35. The van der Waals surface area contributed by atoms with Crippen LogP contribution in [-0.2, 0) is 12.8 Å². The van der Waals surface area contributed by atoms with Gasteiger partial charge in [-0.05, 0) is 75.4 Å². The molecule has 2 aromatic heterocycles. The molecule has 0 amide bonds. The van der Waals surface area contributed by atoms with Crippen molar-refractivity contribution in [3.05, 3.63) is 41.5 Å². The first-order valence-corrected chi connectivity index (χ1v) is 13.7. The van der Waals surface area contributed by atoms with Crippen molar-refractivity contribution in [1.82, 2.24) is 25.2 Å². The van der Waals surface area contributed by atoms with Gasteiger partial charge in [0.1, 0.15) is 12.4 Å². The predicted molar refractivity (Wildman–Crippen MR) is 145 cm³/mol. The number of nitrogens with one attached hydrogen (secondary N) is 1. The summed E-state index contributed by atoms with van der Waals surface area (Å²) in [6, 6.07) is 14.0. The molecule has 2 atom stereocenters. The quantitative estimate of drug-likeness (QED) is 0.551. The molecule has 6 rings (SSSR count). The number of nitrogens with zero attached hydrogens (tertiary/aromatic N) is 6. The first-order valence-electron chi connectivity index (χ1n) is 13.7. The number of rotatable bonds is 6. The molecule has 3 aliphatic rings. The molecule has 0 unspecified atom stereocenters. The number of hydrogen-bond acceptors (Lipinski definition) is 8. The summed E-state index contributed by atoms with van der Waals surface area (Å²) >= 11 is 0. The Morgan fingerprint density at radius 3 is 2.86 bits per heavy atom. The monoisotopic (exact) mass is 497 g/mol. The molecular weight excluding hydrogens is 462 g/mol. The van der Waals surface area contributed by atoms with Gasteiger partial charge in [0, 0.05) is 37.3 Å². The van der Waals surface area contributed by atoms with Crippen LogP contribution in [0.3, 0.4) is 0 Å². The highest BCUT2D eigenvalue weighted by Gasteiger charge is 2.26. The number of likely N-dealkylation sites (N-methyl/N-ethyl adjacent to an activating group) is 1. The van der Waals surface area contributed by atoms with E-state index in [4.69, 9.17) is 19.7 Å². The highest BCUT2D eigenvalue weighted by atomic mass is 16.5. The third kappa shape index (κ3) is 4.98. The van der Waals surface area contributed by atoms with Gasteiger partial charge in [0.2, 0.25) is 0 Å². The Labute approximate surface area is 218 Å². The van der Waals surface area contributed by atoms with E-state index in [1.54, 1.807) is 0 Å². The van der Waals surface area contributed by atoms with Crippen molar-refractivity contribution in [2.75, 3.05) is 44.7 Å². The van der Waals surface area contributed by atoms with Crippen LogP contribution in [0.5, 0.6) is 6.01 Å². The molecule has 1 aliphatic carbocycles. The van der Waals surface area contributed by atoms with Crippen molar-refractivity contribution in [3.63, 3.8) is 0 Å². The molecule has 0 bridgehead atoms. The van der Waals surface area contributed by atoms with Gasteiger partial charge in [0.05, 0.1) is 23.6 Å². The van der Waals surface area contributed by atoms with Crippen LogP contribution in [0.25, 0.3) is 22.3 Å². The van der Waals surface area contributed by atoms with E-state index >= 15 is 0 Å². The summed E-state index contributed by atoms with van der Waals surface area (Å²) in [5, 5.41) is 13.6. The number of ether oxygens (including phenoxy) is 1. The van der Waals surface area contributed by atoms with E-state index in [1.165, 1.54) is 36.0 Å². The van der Waals surface area contributed by atoms with Crippen LogP contribution in [0.4, 0.5) is 5.82 Å². The van der Waals surface area contributed by atoms with Gasteiger partial charge in [-0.2, -0.15) is 15.2 Å². The minimum absolute atomic E-state index is 0.114. The lowest BCUT2D eigenvalue weighted by atomic mass is 9.87. The standard InChI is InChI=1S/C29H35N7O/c1-35-16-5-8-22(35)19-37-29-33-27-25(28(34-29)36-17-15-31-21(18-36)13-14-30)11-12-26(32-27)24-10-4-7-20-6-2-3-9-23(20)24/h4,7,10-12,21-22,31H,2-3,5-6,8-9,13,15-19H2,1H3/t21-,22-/m0/s1. The van der Waals surface area contributed by atoms with E-state index in [2.05, 4.69) is 58.6 Å². The Kier molecular flexibility index (Phi) is 6.90. The molecule has 2 aliphatic heterocycles. The molecule has 192 valence electrons. The van der Waals surface area contributed by atoms with Crippen molar-refractivity contribution in [1.29, 1.82) is 5.26 Å². The van der Waals surface area contributed by atoms with Crippen LogP contribution in [0.1, 0.15) is 43.2 Å². The molecule has 2 fully saturated rings. The lowest BCUT2D eigenvalue weighted by molar-refractivity contribution is 0.188. The first kappa shape index (κ1) is 24.1. The Hall–Kier alpha value is -3.28. The topological polar surface area (TPSA) is 90.2 Å². The Bertz CT molecular complexity index is 1320. The number of aromatic nitrogens is 3. The van der Waals surface area contributed by atoms with Gasteiger partial charge in [-0.1, -0.05) is 18.2 Å². The lowest BCUT2D eigenvalue weighted by Crippen LogP contribution is -2.51. The molecule has 2 saturated heterocycles. The van der Waals surface area contributed by atoms with E-state index < -0.39 is 0 Å². The molecule has 1 N–H and O–H groups in total. The fraction of sp³-hybridized carbons (Fsp3) is 0.517. The zero-order chi connectivity index (χ0) is 25.2. The maximum Gasteiger partial charge on any atom is 0.320 e. The zero-order valence-electron chi connectivity index (χ0n) is 21.6. The van der Waals surface area contributed by atoms with Crippen molar-refractivity contribution in [3.8, 4) is 23.3 Å². The second kappa shape index (κ2) is 10.6. The fourth-order valence-electron chi connectivity index (χ4n) is 6.08. The van der Waals surface area contributed by atoms with Crippen LogP contribution in [0.2, 0.25) is 0 Å². The highest BCUT2D eigenvalue weighted by Crippen LogP contribution is 2.33. The normalized spacial score (nSPS) is 22.1. The van der Waals surface area contributed by atoms with Gasteiger partial charge < -0.3 is 19.9 Å². The second-order valence-corrected chi connectivity index (χ2v) is 10.6. The number of pyridine rings is 1. The van der Waals surface area contributed by atoms with Gasteiger partial charge in [-0.3, -0.25) is 0 Å². The maximum atomic E-state index is 9.24. The molecule has 0 saturated carbocycles. The van der Waals surface area contributed by atoms with E-state index in [0.29, 0.717) is 30.7 Å². The number of likely N-dealkylation sites (tertiary alicyclic amines) is 1. The largest absolute Gasteiger partial charge is 0.462 e. The number of aryl methyl sites for hydroxylation is 1. The third-order valence-electron chi connectivity index (χ3n) is 8.16. The number of fused-ring (bicyclic) bond motifs is 2. The summed E-state index contributed by atoms with van der Waals surface area (Å²) in [5.74, 6) is 0.846. The lowest BCUT2D eigenvalue weighted by Gasteiger charge is -2.34. The maximum absolute atomic E-state index is 9.24. The van der Waals surface area contributed by atoms with Crippen molar-refractivity contribution in [2.45, 2.75) is 57.0 Å². The van der Waals surface area contributed by atoms with E-state index in [9.17, 15) is 5.26 Å². The van der Waals surface area contributed by atoms with Crippen LogP contribution in [0, 0.1) is 11.3 Å². The number of piperazine rings is 1. The SMILES string of the molecule is CN1CCC[C@H]1COc1nc(N2CCN[C@@H](CC#N)C2)c2ccc(-c3cccc4c3CCCC4)nc2n1. The third-order valence-corrected chi connectivity index (χ3v) is 8.16. The van der Waals surface area contributed by atoms with Crippen LogP contribution < -0.4 is 15.0 Å². The summed E-state index contributed by atoms with van der Waals surface area (Å²) in [6.07, 6.45) is 7.53. The molecule has 0 radical (unpaired) electrons. The minimum Gasteiger partial charge on any atom is -0.462 e. The van der Waals surface area contributed by atoms with E-state index in [-0.39, 0.29) is 6.04 Å². The molecule has 8 heteroatoms. The predicted octanol–water partition coefficient (Wildman–Crippen LogP) is 3.74. The number of anilines is 1. The summed E-state index contributed by atoms with van der Waals surface area (Å²) in [4.78, 5) is 19.4. The molecule has 1 aromatic carbocycles. The Morgan fingerprint density at radius 2 is 2.00 bits per heavy atom. The number of nitriles is 1. The smallest absolute Gasteiger partial charge is 0.320 e. The summed E-state index contributed by atoms with van der Waals surface area (Å²) in [6.45, 7) is 4.02. The van der Waals surface area contributed by atoms with Gasteiger partial charge in [0.25, 0.3) is 0 Å². The summed E-state index contributed by atoms with van der Waals surface area (Å²) in [7, 11) is 2.15. The Balaban J connectivity index is 1.39. The fourth-order valence-corrected chi connectivity index (χ4v) is 6.08. The van der Waals surface area contributed by atoms with Gasteiger partial charge in [-0.25, -0.2) is 4.98 Å². The van der Waals surface area contributed by atoms with E-state index in [0.717, 1.165) is 62.3 Å². The van der Waals surface area contributed by atoms with Crippen LogP contribution in [0.15, 0.2) is 30.3 Å². The summed E-state index contributed by atoms with van der Waals surface area (Å²) < 4.78 is 6.21. The molecule has 3 aromatic rings. The molecule has 37 heavy (non-hydrogen) atoms. The number of hydrogen-bond donors (Lipinski definition) is 1. The van der Waals surface area contributed by atoms with Gasteiger partial charge in [-0.15, -0.1) is 0 Å².